The summed E-state index contributed by atoms with van der Waals surface area (Å²) in [5.74, 6) is 1.25. The molecule has 3 aromatic rings. The zero-order valence-corrected chi connectivity index (χ0v) is 18.1. The number of carbonyl (C=O) groups is 1. The first-order valence-electron chi connectivity index (χ1n) is 9.88. The molecule has 0 aliphatic rings. The first kappa shape index (κ1) is 21.4. The van der Waals surface area contributed by atoms with Crippen LogP contribution in [0.5, 0.6) is 11.5 Å². The number of rotatable bonds is 8. The summed E-state index contributed by atoms with van der Waals surface area (Å²) in [4.78, 5) is 27.7. The highest BCUT2D eigenvalue weighted by Crippen LogP contribution is 2.27. The van der Waals surface area contributed by atoms with Gasteiger partial charge in [-0.25, -0.2) is 0 Å². The van der Waals surface area contributed by atoms with Crippen molar-refractivity contribution in [1.29, 1.82) is 0 Å². The summed E-state index contributed by atoms with van der Waals surface area (Å²) in [5.41, 5.74) is 3.96. The maximum absolute atomic E-state index is 12.5. The highest BCUT2D eigenvalue weighted by molar-refractivity contribution is 5.83. The third-order valence-electron chi connectivity index (χ3n) is 5.34. The third kappa shape index (κ3) is 4.32. The number of aromatic amines is 1. The number of pyridine rings is 1. The molecule has 0 aliphatic heterocycles. The van der Waals surface area contributed by atoms with Crippen molar-refractivity contribution in [1.82, 2.24) is 20.1 Å². The summed E-state index contributed by atoms with van der Waals surface area (Å²) < 4.78 is 12.2. The maximum atomic E-state index is 12.5. The van der Waals surface area contributed by atoms with Crippen molar-refractivity contribution in [2.45, 2.75) is 33.1 Å². The Morgan fingerprint density at radius 2 is 1.90 bits per heavy atom. The second kappa shape index (κ2) is 9.02. The molecular weight excluding hydrogens is 384 g/mol. The lowest BCUT2D eigenvalue weighted by molar-refractivity contribution is -0.121. The molecule has 2 N–H and O–H groups in total. The SMILES string of the molecule is COc1ccc(CCNC(=O)CCc2c(C)c3c(C)nn(C)c3[nH]c2=O)cc1OC. The van der Waals surface area contributed by atoms with Crippen LogP contribution in [-0.2, 0) is 24.7 Å². The number of aryl methyl sites for hydroxylation is 3. The molecule has 0 saturated carbocycles. The van der Waals surface area contributed by atoms with E-state index in [2.05, 4.69) is 15.4 Å². The summed E-state index contributed by atoms with van der Waals surface area (Å²) in [7, 11) is 4.99. The summed E-state index contributed by atoms with van der Waals surface area (Å²) in [6, 6.07) is 5.70. The molecule has 0 unspecified atom stereocenters. The fourth-order valence-corrected chi connectivity index (χ4v) is 3.77. The third-order valence-corrected chi connectivity index (χ3v) is 5.34. The number of hydrogen-bond acceptors (Lipinski definition) is 5. The van der Waals surface area contributed by atoms with E-state index in [0.29, 0.717) is 42.1 Å². The van der Waals surface area contributed by atoms with Crippen LogP contribution in [0.2, 0.25) is 0 Å². The van der Waals surface area contributed by atoms with Crippen molar-refractivity contribution in [3.05, 3.63) is 50.9 Å². The van der Waals surface area contributed by atoms with Gasteiger partial charge in [0, 0.05) is 31.0 Å². The van der Waals surface area contributed by atoms with Gasteiger partial charge in [-0.15, -0.1) is 0 Å². The zero-order valence-electron chi connectivity index (χ0n) is 18.1. The molecule has 0 saturated heterocycles. The zero-order chi connectivity index (χ0) is 21.8. The minimum Gasteiger partial charge on any atom is -0.493 e. The van der Waals surface area contributed by atoms with Crippen LogP contribution in [0.3, 0.4) is 0 Å². The second-order valence-corrected chi connectivity index (χ2v) is 7.28. The molecule has 2 heterocycles. The lowest BCUT2D eigenvalue weighted by atomic mass is 10.0. The number of nitrogens with zero attached hydrogens (tertiary/aromatic N) is 2. The van der Waals surface area contributed by atoms with Gasteiger partial charge in [0.15, 0.2) is 11.5 Å². The molecule has 8 nitrogen and oxygen atoms in total. The molecule has 0 bridgehead atoms. The van der Waals surface area contributed by atoms with Gasteiger partial charge in [-0.05, 0) is 49.9 Å². The van der Waals surface area contributed by atoms with E-state index in [9.17, 15) is 9.59 Å². The molecule has 3 rings (SSSR count). The van der Waals surface area contributed by atoms with Crippen molar-refractivity contribution < 1.29 is 14.3 Å². The normalized spacial score (nSPS) is 11.0. The van der Waals surface area contributed by atoms with Crippen LogP contribution in [0.25, 0.3) is 11.0 Å². The van der Waals surface area contributed by atoms with E-state index in [1.165, 1.54) is 0 Å². The molecule has 2 aromatic heterocycles. The van der Waals surface area contributed by atoms with E-state index in [1.807, 2.05) is 32.0 Å². The quantitative estimate of drug-likeness (QED) is 0.591. The number of fused-ring (bicyclic) bond motifs is 1. The van der Waals surface area contributed by atoms with Crippen LogP contribution in [0.15, 0.2) is 23.0 Å². The molecule has 0 atom stereocenters. The fraction of sp³-hybridized carbons (Fsp3) is 0.409. The highest BCUT2D eigenvalue weighted by Gasteiger charge is 2.16. The van der Waals surface area contributed by atoms with Crippen molar-refractivity contribution >= 4 is 16.9 Å². The van der Waals surface area contributed by atoms with Crippen molar-refractivity contribution in [3.63, 3.8) is 0 Å². The van der Waals surface area contributed by atoms with Crippen LogP contribution >= 0.6 is 0 Å². The Labute approximate surface area is 175 Å². The lowest BCUT2D eigenvalue weighted by Crippen LogP contribution is -2.27. The Morgan fingerprint density at radius 3 is 2.60 bits per heavy atom. The Balaban J connectivity index is 1.59. The number of H-pyrrole nitrogens is 1. The van der Waals surface area contributed by atoms with Crippen LogP contribution in [0.4, 0.5) is 0 Å². The summed E-state index contributed by atoms with van der Waals surface area (Å²) >= 11 is 0. The van der Waals surface area contributed by atoms with Crippen LogP contribution < -0.4 is 20.3 Å². The van der Waals surface area contributed by atoms with Crippen molar-refractivity contribution in [3.8, 4) is 11.5 Å². The average Bonchev–Trinajstić information content (AvgIpc) is 3.00. The Morgan fingerprint density at radius 1 is 1.17 bits per heavy atom. The molecule has 30 heavy (non-hydrogen) atoms. The van der Waals surface area contributed by atoms with Gasteiger partial charge < -0.3 is 19.8 Å². The smallest absolute Gasteiger partial charge is 0.253 e. The summed E-state index contributed by atoms with van der Waals surface area (Å²) in [6.45, 7) is 4.33. The van der Waals surface area contributed by atoms with Gasteiger partial charge in [0.1, 0.15) is 5.65 Å². The minimum atomic E-state index is -0.166. The summed E-state index contributed by atoms with van der Waals surface area (Å²) in [6.07, 6.45) is 1.31. The second-order valence-electron chi connectivity index (χ2n) is 7.28. The number of carbonyl (C=O) groups excluding carboxylic acids is 1. The molecule has 1 amide bonds. The van der Waals surface area contributed by atoms with Gasteiger partial charge in [-0.3, -0.25) is 14.3 Å². The number of nitrogens with one attached hydrogen (secondary N) is 2. The Kier molecular flexibility index (Phi) is 6.44. The standard InChI is InChI=1S/C22H28N4O4/c1-13-16(22(28)24-21-20(13)14(2)25-26(21)3)7-9-19(27)23-11-10-15-6-8-17(29-4)18(12-15)30-5/h6,8,12H,7,9-11H2,1-5H3,(H,23,27)(H,24,28). The van der Waals surface area contributed by atoms with Gasteiger partial charge in [-0.2, -0.15) is 5.10 Å². The first-order chi connectivity index (χ1) is 14.3. The van der Waals surface area contributed by atoms with Crippen molar-refractivity contribution in [2.24, 2.45) is 7.05 Å². The maximum Gasteiger partial charge on any atom is 0.253 e. The molecule has 0 spiro atoms. The number of ether oxygens (including phenoxy) is 2. The molecule has 1 aromatic carbocycles. The van der Waals surface area contributed by atoms with Crippen molar-refractivity contribution in [2.75, 3.05) is 20.8 Å². The van der Waals surface area contributed by atoms with Gasteiger partial charge >= 0.3 is 0 Å². The largest absolute Gasteiger partial charge is 0.493 e. The molecule has 160 valence electrons. The van der Waals surface area contributed by atoms with E-state index in [-0.39, 0.29) is 17.9 Å². The minimum absolute atomic E-state index is 0.0858. The van der Waals surface area contributed by atoms with Crippen LogP contribution in [0.1, 0.15) is 28.8 Å². The lowest BCUT2D eigenvalue weighted by Gasteiger charge is -2.10. The van der Waals surface area contributed by atoms with Crippen LogP contribution in [-0.4, -0.2) is 41.4 Å². The number of hydrogen-bond donors (Lipinski definition) is 2. The Bertz CT molecular complexity index is 1130. The molecule has 0 radical (unpaired) electrons. The highest BCUT2D eigenvalue weighted by atomic mass is 16.5. The fourth-order valence-electron chi connectivity index (χ4n) is 3.77. The summed E-state index contributed by atoms with van der Waals surface area (Å²) in [5, 5.41) is 8.24. The monoisotopic (exact) mass is 412 g/mol. The van der Waals surface area contributed by atoms with Gasteiger partial charge in [0.05, 0.1) is 19.9 Å². The molecule has 0 aliphatic carbocycles. The van der Waals surface area contributed by atoms with E-state index < -0.39 is 0 Å². The van der Waals surface area contributed by atoms with Gasteiger partial charge in [0.25, 0.3) is 5.56 Å². The number of benzene rings is 1. The predicted molar refractivity (Wildman–Crippen MR) is 115 cm³/mol. The average molecular weight is 412 g/mol. The molecule has 0 fully saturated rings. The number of methoxy groups -OCH3 is 2. The first-order valence-corrected chi connectivity index (χ1v) is 9.88. The van der Waals surface area contributed by atoms with E-state index in [4.69, 9.17) is 9.47 Å². The van der Waals surface area contributed by atoms with E-state index in [0.717, 1.165) is 22.2 Å². The van der Waals surface area contributed by atoms with Crippen LogP contribution in [0, 0.1) is 13.8 Å². The van der Waals surface area contributed by atoms with E-state index >= 15 is 0 Å². The number of amides is 1. The number of aromatic nitrogens is 3. The predicted octanol–water partition coefficient (Wildman–Crippen LogP) is 2.19. The topological polar surface area (TPSA) is 98.2 Å². The van der Waals surface area contributed by atoms with Gasteiger partial charge in [0.2, 0.25) is 5.91 Å². The van der Waals surface area contributed by atoms with E-state index in [1.54, 1.807) is 25.9 Å². The van der Waals surface area contributed by atoms with Gasteiger partial charge in [-0.1, -0.05) is 6.07 Å². The molecule has 8 heteroatoms. The molecular formula is C22H28N4O4. The Hall–Kier alpha value is -3.29.